The lowest BCUT2D eigenvalue weighted by molar-refractivity contribution is -0.123. The summed E-state index contributed by atoms with van der Waals surface area (Å²) < 4.78 is 6.10. The molecule has 1 aliphatic heterocycles. The summed E-state index contributed by atoms with van der Waals surface area (Å²) in [5.41, 5.74) is 2.14. The molecule has 5 rings (SSSR count). The molecule has 4 atom stereocenters. The van der Waals surface area contributed by atoms with Crippen molar-refractivity contribution in [1.29, 1.82) is 0 Å². The molecule has 1 saturated carbocycles. The van der Waals surface area contributed by atoms with E-state index >= 15 is 0 Å². The van der Waals surface area contributed by atoms with E-state index in [0.717, 1.165) is 22.9 Å². The van der Waals surface area contributed by atoms with Gasteiger partial charge in [-0.3, -0.25) is 14.4 Å². The molecule has 2 aromatic rings. The fourth-order valence-electron chi connectivity index (χ4n) is 5.31. The summed E-state index contributed by atoms with van der Waals surface area (Å²) in [6.07, 6.45) is 5.66. The van der Waals surface area contributed by atoms with Crippen molar-refractivity contribution in [2.24, 2.45) is 23.7 Å². The van der Waals surface area contributed by atoms with Crippen LogP contribution in [0.25, 0.3) is 0 Å². The minimum Gasteiger partial charge on any atom is -0.452 e. The van der Waals surface area contributed by atoms with Crippen LogP contribution in [0.15, 0.2) is 59.1 Å². The molecular weight excluding hydrogens is 500 g/mol. The van der Waals surface area contributed by atoms with Crippen LogP contribution >= 0.6 is 15.9 Å². The van der Waals surface area contributed by atoms with Gasteiger partial charge in [-0.15, -0.1) is 0 Å². The van der Waals surface area contributed by atoms with Crippen LogP contribution in [0.3, 0.4) is 0 Å². The van der Waals surface area contributed by atoms with Crippen molar-refractivity contribution in [3.63, 3.8) is 0 Å². The van der Waals surface area contributed by atoms with E-state index in [1.54, 1.807) is 18.2 Å². The molecule has 0 spiro atoms. The number of imide groups is 1. The highest BCUT2D eigenvalue weighted by Crippen LogP contribution is 2.53. The molecule has 0 aromatic heterocycles. The number of esters is 1. The Balaban J connectivity index is 1.24. The molecule has 8 heteroatoms. The van der Waals surface area contributed by atoms with E-state index < -0.39 is 18.5 Å². The van der Waals surface area contributed by atoms with Crippen LogP contribution in [0.4, 0.5) is 11.4 Å². The third-order valence-electron chi connectivity index (χ3n) is 6.87. The van der Waals surface area contributed by atoms with Crippen molar-refractivity contribution in [1.82, 2.24) is 0 Å². The standard InChI is InChI=1S/C26H23BrN2O5/c1-2-14-11-18(27)8-9-20(14)28-21(30)13-34-26(33)17-4-3-5-19(12-17)29-24(31)22-15-6-7-16(10-15)23(22)25(29)32/h3-9,11-12,15-16,22-23H,2,10,13H2,1H3,(H,28,30)/t15-,16-,22-,23-/m0/s1. The Morgan fingerprint density at radius 3 is 2.44 bits per heavy atom. The van der Waals surface area contributed by atoms with E-state index in [9.17, 15) is 19.2 Å². The first-order valence-electron chi connectivity index (χ1n) is 11.3. The average Bonchev–Trinajstić information content (AvgIpc) is 3.52. The first-order chi connectivity index (χ1) is 16.4. The topological polar surface area (TPSA) is 92.8 Å². The average molecular weight is 523 g/mol. The van der Waals surface area contributed by atoms with Crippen LogP contribution in [-0.2, 0) is 25.5 Å². The number of ether oxygens (including phenoxy) is 1. The van der Waals surface area contributed by atoms with Gasteiger partial charge in [0.25, 0.3) is 5.91 Å². The Hall–Kier alpha value is -3.26. The number of halogens is 1. The minimum atomic E-state index is -0.704. The maximum atomic E-state index is 13.0. The zero-order chi connectivity index (χ0) is 24.0. The number of fused-ring (bicyclic) bond motifs is 5. The minimum absolute atomic E-state index is 0.113. The number of carbonyl (C=O) groups excluding carboxylic acids is 4. The van der Waals surface area contributed by atoms with Crippen LogP contribution in [0.5, 0.6) is 0 Å². The number of hydrogen-bond acceptors (Lipinski definition) is 5. The fourth-order valence-corrected chi connectivity index (χ4v) is 5.71. The second kappa shape index (κ2) is 8.83. The summed E-state index contributed by atoms with van der Waals surface area (Å²) in [5, 5.41) is 2.76. The number of rotatable bonds is 6. The van der Waals surface area contributed by atoms with Gasteiger partial charge in [0.05, 0.1) is 23.1 Å². The molecule has 0 unspecified atom stereocenters. The quantitative estimate of drug-likeness (QED) is 0.350. The van der Waals surface area contributed by atoms with Gasteiger partial charge in [0, 0.05) is 10.2 Å². The number of benzene rings is 2. The van der Waals surface area contributed by atoms with E-state index in [1.807, 2.05) is 31.2 Å². The monoisotopic (exact) mass is 522 g/mol. The van der Waals surface area contributed by atoms with Gasteiger partial charge in [0.2, 0.25) is 11.8 Å². The Bertz CT molecular complexity index is 1210. The zero-order valence-corrected chi connectivity index (χ0v) is 20.1. The predicted molar refractivity (Wildman–Crippen MR) is 129 cm³/mol. The Kier molecular flexibility index (Phi) is 5.85. The van der Waals surface area contributed by atoms with Crippen LogP contribution in [-0.4, -0.2) is 30.3 Å². The zero-order valence-electron chi connectivity index (χ0n) is 18.5. The molecule has 2 aliphatic carbocycles. The van der Waals surface area contributed by atoms with Crippen molar-refractivity contribution in [2.75, 3.05) is 16.8 Å². The van der Waals surface area contributed by atoms with Gasteiger partial charge in [-0.25, -0.2) is 9.69 Å². The van der Waals surface area contributed by atoms with Gasteiger partial charge in [0.1, 0.15) is 0 Å². The molecule has 2 aromatic carbocycles. The Labute approximate surface area is 205 Å². The van der Waals surface area contributed by atoms with Gasteiger partial charge < -0.3 is 10.1 Å². The summed E-state index contributed by atoms with van der Waals surface area (Å²) in [7, 11) is 0. The second-order valence-corrected chi connectivity index (χ2v) is 9.76. The lowest BCUT2D eigenvalue weighted by Crippen LogP contribution is -2.33. The Morgan fingerprint density at radius 2 is 1.76 bits per heavy atom. The van der Waals surface area contributed by atoms with Gasteiger partial charge in [-0.1, -0.05) is 41.1 Å². The largest absolute Gasteiger partial charge is 0.452 e. The molecule has 1 heterocycles. The highest BCUT2D eigenvalue weighted by molar-refractivity contribution is 9.10. The molecule has 3 amide bonds. The molecule has 3 aliphatic rings. The van der Waals surface area contributed by atoms with Gasteiger partial charge in [-0.05, 0) is 66.6 Å². The van der Waals surface area contributed by atoms with Crippen molar-refractivity contribution < 1.29 is 23.9 Å². The summed E-state index contributed by atoms with van der Waals surface area (Å²) in [4.78, 5) is 52.2. The first kappa shape index (κ1) is 22.5. The number of amides is 3. The predicted octanol–water partition coefficient (Wildman–Crippen LogP) is 4.12. The fraction of sp³-hybridized carbons (Fsp3) is 0.308. The summed E-state index contributed by atoms with van der Waals surface area (Å²) in [5.74, 6) is -1.98. The molecule has 34 heavy (non-hydrogen) atoms. The van der Waals surface area contributed by atoms with E-state index in [0.29, 0.717) is 11.4 Å². The number of nitrogens with zero attached hydrogens (tertiary/aromatic N) is 1. The number of allylic oxidation sites excluding steroid dienone is 2. The molecule has 174 valence electrons. The smallest absolute Gasteiger partial charge is 0.338 e. The number of hydrogen-bond donors (Lipinski definition) is 1. The van der Waals surface area contributed by atoms with Gasteiger partial charge >= 0.3 is 5.97 Å². The maximum absolute atomic E-state index is 13.0. The highest BCUT2D eigenvalue weighted by atomic mass is 79.9. The second-order valence-electron chi connectivity index (χ2n) is 8.84. The number of anilines is 2. The molecule has 2 bridgehead atoms. The van der Waals surface area contributed by atoms with Crippen molar-refractivity contribution in [3.8, 4) is 0 Å². The SMILES string of the molecule is CCc1cc(Br)ccc1NC(=O)COC(=O)c1cccc(N2C(=O)[C@@H]3[C@@H](C2=O)[C@H]2C=C[C@H]3C2)c1. The van der Waals surface area contributed by atoms with Crippen LogP contribution in [0, 0.1) is 23.7 Å². The van der Waals surface area contributed by atoms with Gasteiger partial charge in [0.15, 0.2) is 6.61 Å². The third-order valence-corrected chi connectivity index (χ3v) is 7.36. The highest BCUT2D eigenvalue weighted by Gasteiger charge is 2.59. The summed E-state index contributed by atoms with van der Waals surface area (Å²) in [6.45, 7) is 1.53. The maximum Gasteiger partial charge on any atom is 0.338 e. The molecule has 1 N–H and O–H groups in total. The summed E-state index contributed by atoms with van der Waals surface area (Å²) >= 11 is 3.41. The van der Waals surface area contributed by atoms with Crippen LogP contribution in [0.1, 0.15) is 29.3 Å². The molecule has 7 nitrogen and oxygen atoms in total. The molecular formula is C26H23BrN2O5. The number of carbonyl (C=O) groups is 4. The van der Waals surface area contributed by atoms with Crippen molar-refractivity contribution in [2.45, 2.75) is 19.8 Å². The number of nitrogens with one attached hydrogen (secondary N) is 1. The third kappa shape index (κ3) is 3.86. The van der Waals surface area contributed by atoms with Crippen LogP contribution in [0.2, 0.25) is 0 Å². The van der Waals surface area contributed by atoms with E-state index in [1.165, 1.54) is 17.0 Å². The first-order valence-corrected chi connectivity index (χ1v) is 12.1. The lowest BCUT2D eigenvalue weighted by Gasteiger charge is -2.18. The summed E-state index contributed by atoms with van der Waals surface area (Å²) in [6, 6.07) is 11.8. The molecule has 1 saturated heterocycles. The lowest BCUT2D eigenvalue weighted by atomic mass is 9.85. The molecule has 2 fully saturated rings. The Morgan fingerprint density at radius 1 is 1.06 bits per heavy atom. The van der Waals surface area contributed by atoms with Crippen molar-refractivity contribution >= 4 is 51.0 Å². The van der Waals surface area contributed by atoms with E-state index in [4.69, 9.17) is 4.74 Å². The molecule has 0 radical (unpaired) electrons. The van der Waals surface area contributed by atoms with Gasteiger partial charge in [-0.2, -0.15) is 0 Å². The van der Waals surface area contributed by atoms with Crippen LogP contribution < -0.4 is 10.2 Å². The van der Waals surface area contributed by atoms with Crippen molar-refractivity contribution in [3.05, 3.63) is 70.2 Å². The normalized spacial score (nSPS) is 24.5. The van der Waals surface area contributed by atoms with E-state index in [2.05, 4.69) is 21.2 Å². The number of aryl methyl sites for hydroxylation is 1. The van der Waals surface area contributed by atoms with E-state index in [-0.39, 0.29) is 41.0 Å².